The number of carbonyl (C=O) groups is 2. The maximum absolute atomic E-state index is 12.4. The molecule has 0 spiro atoms. The summed E-state index contributed by atoms with van der Waals surface area (Å²) in [5.41, 5.74) is 0.595. The molecule has 3 N–H and O–H groups in total. The van der Waals surface area contributed by atoms with Crippen molar-refractivity contribution in [3.05, 3.63) is 24.3 Å². The molecule has 144 valence electrons. The van der Waals surface area contributed by atoms with E-state index in [0.717, 1.165) is 25.7 Å². The van der Waals surface area contributed by atoms with Crippen molar-refractivity contribution >= 4 is 27.6 Å². The third-order valence-corrected chi connectivity index (χ3v) is 5.88. The summed E-state index contributed by atoms with van der Waals surface area (Å²) in [4.78, 5) is 23.4. The van der Waals surface area contributed by atoms with E-state index >= 15 is 0 Å². The summed E-state index contributed by atoms with van der Waals surface area (Å²) in [6, 6.07) is 5.88. The van der Waals surface area contributed by atoms with Crippen molar-refractivity contribution in [3.8, 4) is 0 Å². The van der Waals surface area contributed by atoms with Gasteiger partial charge in [-0.2, -0.15) is 0 Å². The molecule has 0 atom stereocenters. The van der Waals surface area contributed by atoms with E-state index in [1.54, 1.807) is 19.2 Å². The molecule has 1 saturated carbocycles. The van der Waals surface area contributed by atoms with Gasteiger partial charge in [0.05, 0.1) is 11.4 Å². The number of rotatable bonds is 9. The molecule has 0 heterocycles. The first-order valence-electron chi connectivity index (χ1n) is 8.73. The fourth-order valence-electron chi connectivity index (χ4n) is 2.23. The molecule has 26 heavy (non-hydrogen) atoms. The van der Waals surface area contributed by atoms with Gasteiger partial charge in [0.25, 0.3) is 0 Å². The smallest absolute Gasteiger partial charge is 0.321 e. The molecule has 1 aromatic carbocycles. The van der Waals surface area contributed by atoms with Crippen LogP contribution in [0.3, 0.4) is 0 Å². The Balaban J connectivity index is 1.84. The molecule has 1 fully saturated rings. The van der Waals surface area contributed by atoms with Gasteiger partial charge in [-0.15, -0.1) is 0 Å². The third kappa shape index (κ3) is 5.99. The minimum atomic E-state index is -3.51. The summed E-state index contributed by atoms with van der Waals surface area (Å²) < 4.78 is 26.2. The standard InChI is InChI=1S/C17H26N4O4S/c1-3-4-11-21(2)26(24,25)15-9-7-13(8-10-15)18-12-16(22)20-17(23)19-14-5-6-14/h7-10,14,18H,3-6,11-12H2,1-2H3,(H2,19,20,22,23). The Labute approximate surface area is 154 Å². The second kappa shape index (κ2) is 9.00. The maximum atomic E-state index is 12.4. The quantitative estimate of drug-likeness (QED) is 0.600. The molecule has 9 heteroatoms. The number of nitrogens with zero attached hydrogens (tertiary/aromatic N) is 1. The molecular formula is C17H26N4O4S. The average molecular weight is 382 g/mol. The first-order chi connectivity index (χ1) is 12.3. The van der Waals surface area contributed by atoms with E-state index in [0.29, 0.717) is 12.2 Å². The van der Waals surface area contributed by atoms with Gasteiger partial charge in [-0.1, -0.05) is 13.3 Å². The number of unbranched alkanes of at least 4 members (excludes halogenated alkanes) is 1. The summed E-state index contributed by atoms with van der Waals surface area (Å²) in [7, 11) is -1.94. The number of imide groups is 1. The lowest BCUT2D eigenvalue weighted by Gasteiger charge is -2.17. The summed E-state index contributed by atoms with van der Waals surface area (Å²) >= 11 is 0. The van der Waals surface area contributed by atoms with E-state index in [2.05, 4.69) is 16.0 Å². The van der Waals surface area contributed by atoms with Gasteiger partial charge in [0.15, 0.2) is 0 Å². The molecule has 1 aromatic rings. The number of carbonyl (C=O) groups excluding carboxylic acids is 2. The Morgan fingerprint density at radius 1 is 1.19 bits per heavy atom. The Morgan fingerprint density at radius 3 is 2.42 bits per heavy atom. The molecule has 0 aromatic heterocycles. The van der Waals surface area contributed by atoms with Crippen LogP contribution >= 0.6 is 0 Å². The highest BCUT2D eigenvalue weighted by atomic mass is 32.2. The molecule has 0 bridgehead atoms. The molecule has 0 unspecified atom stereocenters. The van der Waals surface area contributed by atoms with Crippen LogP contribution in [0.25, 0.3) is 0 Å². The van der Waals surface area contributed by atoms with Crippen molar-refractivity contribution in [3.63, 3.8) is 0 Å². The molecule has 1 aliphatic rings. The summed E-state index contributed by atoms with van der Waals surface area (Å²) in [5, 5.41) is 7.76. The lowest BCUT2D eigenvalue weighted by Crippen LogP contribution is -2.42. The highest BCUT2D eigenvalue weighted by Gasteiger charge is 2.24. The number of anilines is 1. The van der Waals surface area contributed by atoms with Crippen LogP contribution in [-0.4, -0.2) is 50.8 Å². The fourth-order valence-corrected chi connectivity index (χ4v) is 3.44. The van der Waals surface area contributed by atoms with Crippen LogP contribution in [0.15, 0.2) is 29.2 Å². The molecule has 1 aliphatic carbocycles. The second-order valence-electron chi connectivity index (χ2n) is 6.35. The molecule has 0 radical (unpaired) electrons. The Bertz CT molecular complexity index is 730. The number of hydrogen-bond acceptors (Lipinski definition) is 5. The van der Waals surface area contributed by atoms with Crippen LogP contribution in [-0.2, 0) is 14.8 Å². The van der Waals surface area contributed by atoms with Gasteiger partial charge < -0.3 is 10.6 Å². The lowest BCUT2D eigenvalue weighted by molar-refractivity contribution is -0.118. The normalized spacial score (nSPS) is 14.1. The number of sulfonamides is 1. The maximum Gasteiger partial charge on any atom is 0.321 e. The van der Waals surface area contributed by atoms with Crippen LogP contribution in [0.2, 0.25) is 0 Å². The molecule has 0 saturated heterocycles. The van der Waals surface area contributed by atoms with Gasteiger partial charge in [-0.05, 0) is 43.5 Å². The Kier molecular flexibility index (Phi) is 6.98. The zero-order chi connectivity index (χ0) is 19.2. The molecule has 2 rings (SSSR count). The van der Waals surface area contributed by atoms with Gasteiger partial charge in [0, 0.05) is 25.3 Å². The van der Waals surface area contributed by atoms with E-state index in [-0.39, 0.29) is 17.5 Å². The van der Waals surface area contributed by atoms with E-state index < -0.39 is 22.0 Å². The third-order valence-electron chi connectivity index (χ3n) is 4.01. The SMILES string of the molecule is CCCCN(C)S(=O)(=O)c1ccc(NCC(=O)NC(=O)NC2CC2)cc1. The van der Waals surface area contributed by atoms with Crippen LogP contribution in [0.4, 0.5) is 10.5 Å². The lowest BCUT2D eigenvalue weighted by atomic mass is 10.3. The molecular weight excluding hydrogens is 356 g/mol. The fraction of sp³-hybridized carbons (Fsp3) is 0.529. The predicted octanol–water partition coefficient (Wildman–Crippen LogP) is 1.51. The number of benzene rings is 1. The van der Waals surface area contributed by atoms with E-state index in [1.807, 2.05) is 6.92 Å². The highest BCUT2D eigenvalue weighted by Crippen LogP contribution is 2.18. The van der Waals surface area contributed by atoms with Crippen molar-refractivity contribution in [1.82, 2.24) is 14.9 Å². The summed E-state index contributed by atoms with van der Waals surface area (Å²) in [6.45, 7) is 2.40. The second-order valence-corrected chi connectivity index (χ2v) is 8.40. The van der Waals surface area contributed by atoms with Crippen LogP contribution < -0.4 is 16.0 Å². The number of amides is 3. The van der Waals surface area contributed by atoms with Crippen molar-refractivity contribution in [2.45, 2.75) is 43.5 Å². The van der Waals surface area contributed by atoms with Gasteiger partial charge in [-0.25, -0.2) is 17.5 Å². The zero-order valence-corrected chi connectivity index (χ0v) is 15.9. The van der Waals surface area contributed by atoms with Gasteiger partial charge in [0.2, 0.25) is 15.9 Å². The van der Waals surface area contributed by atoms with Crippen molar-refractivity contribution in [2.75, 3.05) is 25.5 Å². The minimum Gasteiger partial charge on any atom is -0.376 e. The van der Waals surface area contributed by atoms with E-state index in [9.17, 15) is 18.0 Å². The minimum absolute atomic E-state index is 0.0828. The van der Waals surface area contributed by atoms with Gasteiger partial charge in [-0.3, -0.25) is 10.1 Å². The van der Waals surface area contributed by atoms with Crippen molar-refractivity contribution < 1.29 is 18.0 Å². The highest BCUT2D eigenvalue weighted by molar-refractivity contribution is 7.89. The van der Waals surface area contributed by atoms with Crippen molar-refractivity contribution in [1.29, 1.82) is 0 Å². The number of urea groups is 1. The monoisotopic (exact) mass is 382 g/mol. The zero-order valence-electron chi connectivity index (χ0n) is 15.1. The first-order valence-corrected chi connectivity index (χ1v) is 10.2. The van der Waals surface area contributed by atoms with Crippen LogP contribution in [0.1, 0.15) is 32.6 Å². The molecule has 0 aliphatic heterocycles. The number of nitrogens with one attached hydrogen (secondary N) is 3. The topological polar surface area (TPSA) is 108 Å². The molecule has 3 amide bonds. The number of hydrogen-bond donors (Lipinski definition) is 3. The summed E-state index contributed by atoms with van der Waals surface area (Å²) in [5.74, 6) is -0.459. The van der Waals surface area contributed by atoms with E-state index in [1.165, 1.54) is 16.4 Å². The van der Waals surface area contributed by atoms with Gasteiger partial charge >= 0.3 is 6.03 Å². The predicted molar refractivity (Wildman–Crippen MR) is 99.4 cm³/mol. The van der Waals surface area contributed by atoms with Crippen LogP contribution in [0.5, 0.6) is 0 Å². The first kappa shape index (κ1) is 20.2. The van der Waals surface area contributed by atoms with Gasteiger partial charge in [0.1, 0.15) is 0 Å². The van der Waals surface area contributed by atoms with Crippen LogP contribution in [0, 0.1) is 0 Å². The van der Waals surface area contributed by atoms with E-state index in [4.69, 9.17) is 0 Å². The Morgan fingerprint density at radius 2 is 1.85 bits per heavy atom. The summed E-state index contributed by atoms with van der Waals surface area (Å²) in [6.07, 6.45) is 3.62. The Hall–Kier alpha value is -2.13. The van der Waals surface area contributed by atoms with Crippen molar-refractivity contribution in [2.24, 2.45) is 0 Å². The largest absolute Gasteiger partial charge is 0.376 e. The molecule has 8 nitrogen and oxygen atoms in total. The average Bonchev–Trinajstić information content (AvgIpc) is 3.41.